The Morgan fingerprint density at radius 3 is 2.71 bits per heavy atom. The van der Waals surface area contributed by atoms with Crippen molar-refractivity contribution in [1.29, 1.82) is 0 Å². The van der Waals surface area contributed by atoms with Gasteiger partial charge in [-0.2, -0.15) is 0 Å². The second kappa shape index (κ2) is 6.49. The standard InChI is InChI=1S/C15H19N3O3/c1-11(2)17(8-3-9-19)14-4-5-15(18(20)21)12-6-7-16-10-13(12)14/h4-7,10-11,19H,3,8-9H2,1-2H3. The predicted molar refractivity (Wildman–Crippen MR) is 82.6 cm³/mol. The summed E-state index contributed by atoms with van der Waals surface area (Å²) in [6.45, 7) is 4.92. The van der Waals surface area contributed by atoms with Crippen LogP contribution >= 0.6 is 0 Å². The van der Waals surface area contributed by atoms with E-state index in [0.29, 0.717) is 18.4 Å². The number of nitro benzene ring substituents is 1. The summed E-state index contributed by atoms with van der Waals surface area (Å²) < 4.78 is 0. The van der Waals surface area contributed by atoms with Crippen LogP contribution in [0, 0.1) is 10.1 Å². The fourth-order valence-electron chi connectivity index (χ4n) is 2.47. The van der Waals surface area contributed by atoms with Crippen LogP contribution in [0.2, 0.25) is 0 Å². The Balaban J connectivity index is 2.58. The third kappa shape index (κ3) is 3.11. The highest BCUT2D eigenvalue weighted by atomic mass is 16.6. The minimum absolute atomic E-state index is 0.0852. The van der Waals surface area contributed by atoms with Crippen LogP contribution in [-0.4, -0.2) is 34.2 Å². The monoisotopic (exact) mass is 289 g/mol. The first-order chi connectivity index (χ1) is 10.1. The molecule has 2 rings (SSSR count). The number of fused-ring (bicyclic) bond motifs is 1. The average molecular weight is 289 g/mol. The number of hydrogen-bond acceptors (Lipinski definition) is 5. The largest absolute Gasteiger partial charge is 0.396 e. The topological polar surface area (TPSA) is 79.5 Å². The molecule has 0 fully saturated rings. The number of pyridine rings is 1. The molecule has 0 aliphatic heterocycles. The van der Waals surface area contributed by atoms with Gasteiger partial charge >= 0.3 is 0 Å². The van der Waals surface area contributed by atoms with Crippen LogP contribution in [0.4, 0.5) is 11.4 Å². The Labute approximate surface area is 123 Å². The predicted octanol–water partition coefficient (Wildman–Crippen LogP) is 2.74. The molecule has 0 amide bonds. The highest BCUT2D eigenvalue weighted by Crippen LogP contribution is 2.33. The number of nitro groups is 1. The molecule has 1 aromatic carbocycles. The van der Waals surface area contributed by atoms with Crippen molar-refractivity contribution in [1.82, 2.24) is 4.98 Å². The molecule has 0 aliphatic rings. The minimum Gasteiger partial charge on any atom is -0.396 e. The highest BCUT2D eigenvalue weighted by molar-refractivity contribution is 5.99. The molecule has 0 bridgehead atoms. The summed E-state index contributed by atoms with van der Waals surface area (Å²) in [5.74, 6) is 0. The lowest BCUT2D eigenvalue weighted by molar-refractivity contribution is -0.383. The molecule has 0 spiro atoms. The summed E-state index contributed by atoms with van der Waals surface area (Å²) in [4.78, 5) is 17.0. The van der Waals surface area contributed by atoms with Crippen LogP contribution in [0.15, 0.2) is 30.6 Å². The van der Waals surface area contributed by atoms with E-state index in [-0.39, 0.29) is 23.3 Å². The summed E-state index contributed by atoms with van der Waals surface area (Å²) in [5, 5.41) is 21.5. The smallest absolute Gasteiger partial charge is 0.277 e. The molecule has 2 aromatic rings. The van der Waals surface area contributed by atoms with Crippen molar-refractivity contribution in [2.45, 2.75) is 26.3 Å². The molecule has 21 heavy (non-hydrogen) atoms. The SMILES string of the molecule is CC(C)N(CCCO)c1ccc([N+](=O)[O-])c2ccncc12. The van der Waals surface area contributed by atoms with Gasteiger partial charge in [0.25, 0.3) is 5.69 Å². The van der Waals surface area contributed by atoms with Crippen molar-refractivity contribution in [2.75, 3.05) is 18.1 Å². The summed E-state index contributed by atoms with van der Waals surface area (Å²) in [6.07, 6.45) is 3.87. The molecule has 1 N–H and O–H groups in total. The van der Waals surface area contributed by atoms with Crippen LogP contribution in [0.25, 0.3) is 10.8 Å². The van der Waals surface area contributed by atoms with Crippen molar-refractivity contribution in [3.8, 4) is 0 Å². The molecule has 112 valence electrons. The first kappa shape index (κ1) is 15.2. The van der Waals surface area contributed by atoms with E-state index in [9.17, 15) is 10.1 Å². The van der Waals surface area contributed by atoms with E-state index in [1.807, 2.05) is 0 Å². The lowest BCUT2D eigenvalue weighted by atomic mass is 10.1. The summed E-state index contributed by atoms with van der Waals surface area (Å²) >= 11 is 0. The molecule has 0 radical (unpaired) electrons. The van der Waals surface area contributed by atoms with Gasteiger partial charge in [0.15, 0.2) is 0 Å². The minimum atomic E-state index is -0.375. The van der Waals surface area contributed by atoms with Gasteiger partial charge in [0.1, 0.15) is 0 Å². The molecule has 0 saturated carbocycles. The zero-order chi connectivity index (χ0) is 15.4. The van der Waals surface area contributed by atoms with Crippen LogP contribution in [0.5, 0.6) is 0 Å². The molecule has 1 aromatic heterocycles. The molecule has 0 aliphatic carbocycles. The third-order valence-corrected chi connectivity index (χ3v) is 3.46. The maximum absolute atomic E-state index is 11.1. The van der Waals surface area contributed by atoms with Crippen LogP contribution in [0.3, 0.4) is 0 Å². The molecule has 6 nitrogen and oxygen atoms in total. The highest BCUT2D eigenvalue weighted by Gasteiger charge is 2.19. The van der Waals surface area contributed by atoms with Crippen LogP contribution < -0.4 is 4.90 Å². The lowest BCUT2D eigenvalue weighted by Crippen LogP contribution is -2.32. The Hall–Kier alpha value is -2.21. The number of hydrogen-bond donors (Lipinski definition) is 1. The molecule has 0 atom stereocenters. The van der Waals surface area contributed by atoms with Crippen molar-refractivity contribution < 1.29 is 10.0 Å². The van der Waals surface area contributed by atoms with Gasteiger partial charge in [-0.3, -0.25) is 15.1 Å². The fourth-order valence-corrected chi connectivity index (χ4v) is 2.47. The summed E-state index contributed by atoms with van der Waals surface area (Å²) in [5.41, 5.74) is 0.995. The average Bonchev–Trinajstić information content (AvgIpc) is 2.47. The number of aromatic nitrogens is 1. The Kier molecular flexibility index (Phi) is 4.70. The zero-order valence-corrected chi connectivity index (χ0v) is 12.2. The van der Waals surface area contributed by atoms with E-state index in [4.69, 9.17) is 5.11 Å². The number of aliphatic hydroxyl groups is 1. The van der Waals surface area contributed by atoms with Gasteiger partial charge in [0.2, 0.25) is 0 Å². The van der Waals surface area contributed by atoms with Gasteiger partial charge in [-0.05, 0) is 32.4 Å². The number of nitrogens with zero attached hydrogens (tertiary/aromatic N) is 3. The third-order valence-electron chi connectivity index (χ3n) is 3.46. The number of anilines is 1. The van der Waals surface area contributed by atoms with Gasteiger partial charge in [-0.15, -0.1) is 0 Å². The van der Waals surface area contributed by atoms with Crippen molar-refractivity contribution in [3.05, 3.63) is 40.7 Å². The quantitative estimate of drug-likeness (QED) is 0.653. The molecule has 0 unspecified atom stereocenters. The Morgan fingerprint density at radius 2 is 2.10 bits per heavy atom. The van der Waals surface area contributed by atoms with Crippen LogP contribution in [0.1, 0.15) is 20.3 Å². The normalized spacial score (nSPS) is 11.0. The second-order valence-electron chi connectivity index (χ2n) is 5.15. The number of benzene rings is 1. The molecule has 0 saturated heterocycles. The summed E-state index contributed by atoms with van der Waals surface area (Å²) in [6, 6.07) is 5.19. The molecule has 1 heterocycles. The van der Waals surface area contributed by atoms with Gasteiger partial charge in [0, 0.05) is 48.7 Å². The number of aliphatic hydroxyl groups excluding tert-OH is 1. The van der Waals surface area contributed by atoms with Crippen LogP contribution in [-0.2, 0) is 0 Å². The van der Waals surface area contributed by atoms with E-state index < -0.39 is 0 Å². The van der Waals surface area contributed by atoms with Crippen molar-refractivity contribution >= 4 is 22.1 Å². The lowest BCUT2D eigenvalue weighted by Gasteiger charge is -2.29. The van der Waals surface area contributed by atoms with E-state index >= 15 is 0 Å². The molecule has 6 heteroatoms. The maximum Gasteiger partial charge on any atom is 0.277 e. The van der Waals surface area contributed by atoms with E-state index in [0.717, 1.165) is 11.1 Å². The summed E-state index contributed by atoms with van der Waals surface area (Å²) in [7, 11) is 0. The Morgan fingerprint density at radius 1 is 1.33 bits per heavy atom. The van der Waals surface area contributed by atoms with Gasteiger partial charge in [-0.25, -0.2) is 0 Å². The second-order valence-corrected chi connectivity index (χ2v) is 5.15. The van der Waals surface area contributed by atoms with Gasteiger partial charge < -0.3 is 10.0 Å². The van der Waals surface area contributed by atoms with Gasteiger partial charge in [-0.1, -0.05) is 0 Å². The Bertz CT molecular complexity index is 643. The number of non-ortho nitro benzene ring substituents is 1. The maximum atomic E-state index is 11.1. The van der Waals surface area contributed by atoms with E-state index in [1.54, 1.807) is 24.5 Å². The van der Waals surface area contributed by atoms with E-state index in [1.165, 1.54) is 6.07 Å². The van der Waals surface area contributed by atoms with Gasteiger partial charge in [0.05, 0.1) is 10.3 Å². The van der Waals surface area contributed by atoms with E-state index in [2.05, 4.69) is 23.7 Å². The fraction of sp³-hybridized carbons (Fsp3) is 0.400. The first-order valence-electron chi connectivity index (χ1n) is 6.95. The van der Waals surface area contributed by atoms with Crippen molar-refractivity contribution in [3.63, 3.8) is 0 Å². The van der Waals surface area contributed by atoms with Crippen molar-refractivity contribution in [2.24, 2.45) is 0 Å². The first-order valence-corrected chi connectivity index (χ1v) is 6.95. The molecular formula is C15H19N3O3. The number of rotatable bonds is 6. The zero-order valence-electron chi connectivity index (χ0n) is 12.2. The molecular weight excluding hydrogens is 270 g/mol.